The molecule has 3 heterocycles. The molecule has 1 aliphatic heterocycles. The molecule has 4 rings (SSSR count). The third-order valence-corrected chi connectivity index (χ3v) is 5.31. The van der Waals surface area contributed by atoms with Gasteiger partial charge in [0.25, 0.3) is 0 Å². The zero-order valence-electron chi connectivity index (χ0n) is 16.0. The Bertz CT molecular complexity index is 980. The van der Waals surface area contributed by atoms with Crippen molar-refractivity contribution in [3.63, 3.8) is 0 Å². The van der Waals surface area contributed by atoms with Crippen molar-refractivity contribution in [2.75, 3.05) is 24.2 Å². The molecule has 0 aliphatic carbocycles. The summed E-state index contributed by atoms with van der Waals surface area (Å²) in [5, 5.41) is 33.0. The second kappa shape index (κ2) is 7.96. The zero-order chi connectivity index (χ0) is 20.5. The van der Waals surface area contributed by atoms with Crippen LogP contribution in [-0.4, -0.2) is 61.3 Å². The van der Waals surface area contributed by atoms with Gasteiger partial charge in [-0.2, -0.15) is 0 Å². The minimum Gasteiger partial charge on any atom is -0.397 e. The Morgan fingerprint density at radius 2 is 2.00 bits per heavy atom. The molecular weight excluding hydrogens is 374 g/mol. The van der Waals surface area contributed by atoms with Gasteiger partial charge in [0.2, 0.25) is 0 Å². The fourth-order valence-corrected chi connectivity index (χ4v) is 3.57. The average Bonchev–Trinajstić information content (AvgIpc) is 3.28. The van der Waals surface area contributed by atoms with E-state index in [-0.39, 0.29) is 5.92 Å². The van der Waals surface area contributed by atoms with Crippen LogP contribution in [0.2, 0.25) is 0 Å². The van der Waals surface area contributed by atoms with Gasteiger partial charge in [0.05, 0.1) is 18.6 Å². The lowest BCUT2D eigenvalue weighted by Gasteiger charge is -2.17. The molecule has 0 bridgehead atoms. The summed E-state index contributed by atoms with van der Waals surface area (Å²) in [6, 6.07) is 11.9. The topological polar surface area (TPSA) is 139 Å². The molecule has 5 atom stereocenters. The Labute approximate surface area is 167 Å². The van der Waals surface area contributed by atoms with E-state index in [0.29, 0.717) is 29.2 Å². The van der Waals surface area contributed by atoms with E-state index in [1.807, 2.05) is 18.2 Å². The van der Waals surface area contributed by atoms with Gasteiger partial charge in [-0.05, 0) is 11.5 Å². The van der Waals surface area contributed by atoms with Gasteiger partial charge in [0.15, 0.2) is 11.9 Å². The van der Waals surface area contributed by atoms with Crippen LogP contribution < -0.4 is 11.1 Å². The van der Waals surface area contributed by atoms with Crippen molar-refractivity contribution in [3.8, 4) is 0 Å². The third-order valence-electron chi connectivity index (χ3n) is 5.31. The molecule has 0 radical (unpaired) electrons. The molecule has 6 N–H and O–H groups in total. The normalized spacial score (nSPS) is 25.4. The number of ether oxygens (including phenoxy) is 1. The monoisotopic (exact) mass is 399 g/mol. The maximum atomic E-state index is 10.3. The van der Waals surface area contributed by atoms with Crippen molar-refractivity contribution in [2.45, 2.75) is 37.4 Å². The lowest BCUT2D eigenvalue weighted by atomic mass is 10.0. The molecule has 3 aromatic rings. The quantitative estimate of drug-likeness (QED) is 0.411. The van der Waals surface area contributed by atoms with E-state index in [2.05, 4.69) is 34.3 Å². The van der Waals surface area contributed by atoms with E-state index in [9.17, 15) is 15.3 Å². The number of nitrogens with two attached hydrogens (primary N) is 1. The Hall–Kier alpha value is -2.72. The predicted molar refractivity (Wildman–Crippen MR) is 108 cm³/mol. The van der Waals surface area contributed by atoms with Gasteiger partial charge in [-0.15, -0.1) is 0 Å². The van der Waals surface area contributed by atoms with E-state index in [4.69, 9.17) is 10.5 Å². The standard InChI is InChI=1S/C20H25N5O4/c1-11(12-5-3-2-4-6-12)8-22-15-7-13(21)16-19(24-15)25(10-23-16)20-18(28)17(27)14(9-26)29-20/h2-7,10-11,14,17-18,20,26-28H,8-9H2,1H3,(H3,21,22,24)/t11?,14-,17-,18-,20-/m1/s1. The fourth-order valence-electron chi connectivity index (χ4n) is 3.57. The van der Waals surface area contributed by atoms with Gasteiger partial charge in [-0.3, -0.25) is 4.57 Å². The molecule has 2 aromatic heterocycles. The summed E-state index contributed by atoms with van der Waals surface area (Å²) in [6.45, 7) is 2.37. The number of hydrogen-bond acceptors (Lipinski definition) is 8. The number of rotatable bonds is 6. The first-order valence-electron chi connectivity index (χ1n) is 9.54. The van der Waals surface area contributed by atoms with E-state index in [0.717, 1.165) is 0 Å². The van der Waals surface area contributed by atoms with Crippen LogP contribution in [0.3, 0.4) is 0 Å². The predicted octanol–water partition coefficient (Wildman–Crippen LogP) is 0.841. The molecular formula is C20H25N5O4. The van der Waals surface area contributed by atoms with Crippen LogP contribution in [0.25, 0.3) is 11.2 Å². The molecule has 1 unspecified atom stereocenters. The van der Waals surface area contributed by atoms with Gasteiger partial charge >= 0.3 is 0 Å². The number of aromatic nitrogens is 3. The maximum absolute atomic E-state index is 10.3. The van der Waals surface area contributed by atoms with Gasteiger partial charge in [-0.25, -0.2) is 9.97 Å². The number of pyridine rings is 1. The number of hydrogen-bond donors (Lipinski definition) is 5. The summed E-state index contributed by atoms with van der Waals surface area (Å²) in [6.07, 6.45) is -2.75. The fraction of sp³-hybridized carbons (Fsp3) is 0.400. The van der Waals surface area contributed by atoms with E-state index in [1.165, 1.54) is 16.5 Å². The molecule has 154 valence electrons. The summed E-state index contributed by atoms with van der Waals surface area (Å²) in [5.41, 5.74) is 8.71. The summed E-state index contributed by atoms with van der Waals surface area (Å²) in [4.78, 5) is 8.86. The smallest absolute Gasteiger partial charge is 0.166 e. The molecule has 9 nitrogen and oxygen atoms in total. The molecule has 1 fully saturated rings. The molecule has 0 amide bonds. The van der Waals surface area contributed by atoms with E-state index >= 15 is 0 Å². The average molecular weight is 399 g/mol. The Balaban J connectivity index is 1.59. The molecule has 1 saturated heterocycles. The largest absolute Gasteiger partial charge is 0.397 e. The number of imidazole rings is 1. The first-order valence-corrected chi connectivity index (χ1v) is 9.54. The van der Waals surface area contributed by atoms with Gasteiger partial charge in [0.1, 0.15) is 29.6 Å². The van der Waals surface area contributed by atoms with Gasteiger partial charge in [-0.1, -0.05) is 37.3 Å². The highest BCUT2D eigenvalue weighted by Gasteiger charge is 2.44. The van der Waals surface area contributed by atoms with Crippen LogP contribution in [0.1, 0.15) is 24.6 Å². The van der Waals surface area contributed by atoms with Crippen LogP contribution in [0.5, 0.6) is 0 Å². The number of aliphatic hydroxyl groups is 3. The highest BCUT2D eigenvalue weighted by molar-refractivity contribution is 5.86. The number of aliphatic hydroxyl groups excluding tert-OH is 3. The SMILES string of the molecule is CC(CNc1cc(N)c2ncn([C@@H]3O[C@H](CO)[C@@H](O)[C@H]3O)c2n1)c1ccccc1. The Morgan fingerprint density at radius 1 is 1.24 bits per heavy atom. The highest BCUT2D eigenvalue weighted by Crippen LogP contribution is 2.33. The maximum Gasteiger partial charge on any atom is 0.166 e. The number of anilines is 2. The summed E-state index contributed by atoms with van der Waals surface area (Å²) in [7, 11) is 0. The molecule has 29 heavy (non-hydrogen) atoms. The lowest BCUT2D eigenvalue weighted by molar-refractivity contribution is -0.0511. The van der Waals surface area contributed by atoms with Crippen molar-refractivity contribution in [1.82, 2.24) is 14.5 Å². The molecule has 1 aliphatic rings. The molecule has 0 saturated carbocycles. The minimum absolute atomic E-state index is 0.264. The van der Waals surface area contributed by atoms with Crippen LogP contribution in [0.4, 0.5) is 11.5 Å². The van der Waals surface area contributed by atoms with Crippen molar-refractivity contribution >= 4 is 22.7 Å². The zero-order valence-corrected chi connectivity index (χ0v) is 16.0. The second-order valence-corrected chi connectivity index (χ2v) is 7.34. The van der Waals surface area contributed by atoms with Crippen LogP contribution in [0, 0.1) is 0 Å². The van der Waals surface area contributed by atoms with Gasteiger partial charge < -0.3 is 31.1 Å². The van der Waals surface area contributed by atoms with Gasteiger partial charge in [0, 0.05) is 12.6 Å². The van der Waals surface area contributed by atoms with Crippen molar-refractivity contribution in [1.29, 1.82) is 0 Å². The second-order valence-electron chi connectivity index (χ2n) is 7.34. The van der Waals surface area contributed by atoms with Crippen molar-refractivity contribution < 1.29 is 20.1 Å². The minimum atomic E-state index is -1.22. The first-order chi connectivity index (χ1) is 14.0. The number of nitrogen functional groups attached to an aromatic ring is 1. The number of fused-ring (bicyclic) bond motifs is 1. The first kappa shape index (κ1) is 19.6. The molecule has 0 spiro atoms. The number of benzene rings is 1. The summed E-state index contributed by atoms with van der Waals surface area (Å²) >= 11 is 0. The Morgan fingerprint density at radius 3 is 2.69 bits per heavy atom. The number of nitrogens with zero attached hydrogens (tertiary/aromatic N) is 3. The van der Waals surface area contributed by atoms with Crippen LogP contribution in [0.15, 0.2) is 42.7 Å². The summed E-state index contributed by atoms with van der Waals surface area (Å²) in [5.74, 6) is 0.839. The summed E-state index contributed by atoms with van der Waals surface area (Å²) < 4.78 is 7.12. The van der Waals surface area contributed by atoms with Crippen LogP contribution >= 0.6 is 0 Å². The molecule has 9 heteroatoms. The lowest BCUT2D eigenvalue weighted by Crippen LogP contribution is -2.33. The van der Waals surface area contributed by atoms with Crippen molar-refractivity contribution in [3.05, 3.63) is 48.3 Å². The number of nitrogens with one attached hydrogen (secondary N) is 1. The highest BCUT2D eigenvalue weighted by atomic mass is 16.6. The third kappa shape index (κ3) is 3.65. The van der Waals surface area contributed by atoms with Crippen LogP contribution in [-0.2, 0) is 4.74 Å². The van der Waals surface area contributed by atoms with E-state index < -0.39 is 31.1 Å². The Kier molecular flexibility index (Phi) is 5.37. The van der Waals surface area contributed by atoms with E-state index in [1.54, 1.807) is 6.07 Å². The molecule has 1 aromatic carbocycles. The van der Waals surface area contributed by atoms with Crippen molar-refractivity contribution in [2.24, 2.45) is 0 Å².